The highest BCUT2D eigenvalue weighted by Crippen LogP contribution is 2.59. The van der Waals surface area contributed by atoms with Crippen molar-refractivity contribution in [1.29, 1.82) is 0 Å². The molecule has 1 aromatic rings. The quantitative estimate of drug-likeness (QED) is 0.592. The molecule has 1 fully saturated rings. The molecule has 0 amide bonds. The van der Waals surface area contributed by atoms with Crippen LogP contribution in [0.2, 0.25) is 0 Å². The standard InChI is InChI=1S/C17H24O4/c1-11(2)8-14-15(17(14,3)4)16(18)20-10-13-7-6-12(21-13)9-19-5/h6-8,14-15H,9-10H2,1-5H3/t14-,15+/m1/s1. The zero-order valence-electron chi connectivity index (χ0n) is 13.4. The summed E-state index contributed by atoms with van der Waals surface area (Å²) in [5.74, 6) is 1.45. The van der Waals surface area contributed by atoms with Crippen LogP contribution in [0.15, 0.2) is 28.2 Å². The number of esters is 1. The number of hydrogen-bond acceptors (Lipinski definition) is 4. The molecule has 4 nitrogen and oxygen atoms in total. The van der Waals surface area contributed by atoms with Gasteiger partial charge in [0.15, 0.2) is 0 Å². The monoisotopic (exact) mass is 292 g/mol. The number of carbonyl (C=O) groups is 1. The number of furan rings is 1. The van der Waals surface area contributed by atoms with Gasteiger partial charge in [-0.15, -0.1) is 0 Å². The molecule has 0 radical (unpaired) electrons. The lowest BCUT2D eigenvalue weighted by Gasteiger charge is -2.04. The largest absolute Gasteiger partial charge is 0.460 e. The number of hydrogen-bond donors (Lipinski definition) is 0. The molecule has 1 aromatic heterocycles. The molecular formula is C17H24O4. The minimum atomic E-state index is -0.146. The van der Waals surface area contributed by atoms with Gasteiger partial charge in [0.05, 0.1) is 5.92 Å². The van der Waals surface area contributed by atoms with Crippen molar-refractivity contribution < 1.29 is 18.7 Å². The fourth-order valence-electron chi connectivity index (χ4n) is 2.75. The van der Waals surface area contributed by atoms with Crippen LogP contribution in [0.1, 0.15) is 39.2 Å². The highest BCUT2D eigenvalue weighted by molar-refractivity contribution is 5.78. The van der Waals surface area contributed by atoms with Crippen molar-refractivity contribution in [3.05, 3.63) is 35.3 Å². The molecule has 1 saturated carbocycles. The molecule has 0 aliphatic heterocycles. The first-order valence-electron chi connectivity index (χ1n) is 7.24. The third-order valence-corrected chi connectivity index (χ3v) is 4.04. The van der Waals surface area contributed by atoms with Crippen molar-refractivity contribution in [2.24, 2.45) is 17.3 Å². The average molecular weight is 292 g/mol. The Morgan fingerprint density at radius 3 is 2.48 bits per heavy atom. The lowest BCUT2D eigenvalue weighted by molar-refractivity contribution is -0.148. The van der Waals surface area contributed by atoms with Crippen LogP contribution in [-0.4, -0.2) is 13.1 Å². The topological polar surface area (TPSA) is 48.7 Å². The highest BCUT2D eigenvalue weighted by Gasteiger charge is 2.61. The van der Waals surface area contributed by atoms with Gasteiger partial charge in [0, 0.05) is 7.11 Å². The summed E-state index contributed by atoms with van der Waals surface area (Å²) in [5, 5.41) is 0. The third kappa shape index (κ3) is 3.56. The summed E-state index contributed by atoms with van der Waals surface area (Å²) < 4.78 is 15.9. The van der Waals surface area contributed by atoms with Crippen LogP contribution in [0, 0.1) is 17.3 Å². The molecule has 1 heterocycles. The first-order chi connectivity index (χ1) is 9.86. The Labute approximate surface area is 126 Å². The second-order valence-corrected chi connectivity index (χ2v) is 6.48. The number of rotatable bonds is 6. The second kappa shape index (κ2) is 6.06. The summed E-state index contributed by atoms with van der Waals surface area (Å²) in [6, 6.07) is 3.65. The molecule has 0 N–H and O–H groups in total. The Kier molecular flexibility index (Phi) is 4.57. The Morgan fingerprint density at radius 1 is 1.29 bits per heavy atom. The lowest BCUT2D eigenvalue weighted by atomic mass is 10.1. The van der Waals surface area contributed by atoms with Gasteiger partial charge in [0.25, 0.3) is 0 Å². The van der Waals surface area contributed by atoms with E-state index < -0.39 is 0 Å². The molecule has 0 saturated heterocycles. The molecule has 4 heteroatoms. The van der Waals surface area contributed by atoms with Gasteiger partial charge in [-0.25, -0.2) is 0 Å². The van der Waals surface area contributed by atoms with Crippen molar-refractivity contribution in [3.8, 4) is 0 Å². The van der Waals surface area contributed by atoms with Gasteiger partial charge in [-0.05, 0) is 37.3 Å². The van der Waals surface area contributed by atoms with Crippen LogP contribution in [0.25, 0.3) is 0 Å². The van der Waals surface area contributed by atoms with Crippen molar-refractivity contribution in [2.75, 3.05) is 7.11 Å². The maximum absolute atomic E-state index is 12.2. The summed E-state index contributed by atoms with van der Waals surface area (Å²) in [6.45, 7) is 8.91. The summed E-state index contributed by atoms with van der Waals surface area (Å²) in [4.78, 5) is 12.2. The first-order valence-corrected chi connectivity index (χ1v) is 7.24. The van der Waals surface area contributed by atoms with E-state index >= 15 is 0 Å². The van der Waals surface area contributed by atoms with E-state index in [1.54, 1.807) is 7.11 Å². The maximum Gasteiger partial charge on any atom is 0.310 e. The number of methoxy groups -OCH3 is 1. The van der Waals surface area contributed by atoms with E-state index in [9.17, 15) is 4.79 Å². The fourth-order valence-corrected chi connectivity index (χ4v) is 2.75. The van der Waals surface area contributed by atoms with Gasteiger partial charge in [-0.2, -0.15) is 0 Å². The minimum Gasteiger partial charge on any atom is -0.460 e. The molecule has 2 rings (SSSR count). The number of allylic oxidation sites excluding steroid dienone is 2. The van der Waals surface area contributed by atoms with Gasteiger partial charge in [-0.1, -0.05) is 25.5 Å². The SMILES string of the molecule is COCc1ccc(COC(=O)[C@@H]2[C@@H](C=C(C)C)C2(C)C)o1. The fraction of sp³-hybridized carbons (Fsp3) is 0.588. The molecule has 0 bridgehead atoms. The van der Waals surface area contributed by atoms with Gasteiger partial charge in [-0.3, -0.25) is 4.79 Å². The molecule has 1 aliphatic carbocycles. The zero-order chi connectivity index (χ0) is 15.6. The van der Waals surface area contributed by atoms with Crippen LogP contribution in [0.4, 0.5) is 0 Å². The van der Waals surface area contributed by atoms with Gasteiger partial charge in [0.2, 0.25) is 0 Å². The summed E-state index contributed by atoms with van der Waals surface area (Å²) in [5.41, 5.74) is 1.22. The maximum atomic E-state index is 12.2. The summed E-state index contributed by atoms with van der Waals surface area (Å²) in [6.07, 6.45) is 2.16. The minimum absolute atomic E-state index is 0.0152. The molecular weight excluding hydrogens is 268 g/mol. The molecule has 21 heavy (non-hydrogen) atoms. The molecule has 1 aliphatic rings. The normalized spacial score (nSPS) is 22.7. The lowest BCUT2D eigenvalue weighted by Crippen LogP contribution is -2.10. The Balaban J connectivity index is 1.89. The summed E-state index contributed by atoms with van der Waals surface area (Å²) >= 11 is 0. The van der Waals surface area contributed by atoms with Crippen LogP contribution >= 0.6 is 0 Å². The van der Waals surface area contributed by atoms with Crippen molar-refractivity contribution in [1.82, 2.24) is 0 Å². The summed E-state index contributed by atoms with van der Waals surface area (Å²) in [7, 11) is 1.61. The van der Waals surface area contributed by atoms with E-state index in [4.69, 9.17) is 13.9 Å². The smallest absolute Gasteiger partial charge is 0.310 e. The van der Waals surface area contributed by atoms with Gasteiger partial charge >= 0.3 is 5.97 Å². The van der Waals surface area contributed by atoms with E-state index in [2.05, 4.69) is 33.8 Å². The van der Waals surface area contributed by atoms with Crippen LogP contribution in [-0.2, 0) is 27.5 Å². The molecule has 0 spiro atoms. The first kappa shape index (κ1) is 15.8. The van der Waals surface area contributed by atoms with Crippen LogP contribution in [0.3, 0.4) is 0 Å². The van der Waals surface area contributed by atoms with Crippen LogP contribution < -0.4 is 0 Å². The second-order valence-electron chi connectivity index (χ2n) is 6.48. The molecule has 116 valence electrons. The average Bonchev–Trinajstić information content (AvgIpc) is 2.75. The van der Waals surface area contributed by atoms with E-state index in [1.165, 1.54) is 5.57 Å². The number of carbonyl (C=O) groups excluding carboxylic acids is 1. The van der Waals surface area contributed by atoms with Crippen LogP contribution in [0.5, 0.6) is 0 Å². The van der Waals surface area contributed by atoms with E-state index in [0.717, 1.165) is 5.76 Å². The van der Waals surface area contributed by atoms with E-state index in [1.807, 2.05) is 12.1 Å². The zero-order valence-corrected chi connectivity index (χ0v) is 13.4. The van der Waals surface area contributed by atoms with E-state index in [-0.39, 0.29) is 29.8 Å². The molecule has 0 aromatic carbocycles. The predicted molar refractivity (Wildman–Crippen MR) is 79.4 cm³/mol. The Morgan fingerprint density at radius 2 is 1.90 bits per heavy atom. The molecule has 0 unspecified atom stereocenters. The van der Waals surface area contributed by atoms with Gasteiger partial charge < -0.3 is 13.9 Å². The number of ether oxygens (including phenoxy) is 2. The molecule has 2 atom stereocenters. The van der Waals surface area contributed by atoms with Gasteiger partial charge in [0.1, 0.15) is 24.7 Å². The predicted octanol–water partition coefficient (Wildman–Crippen LogP) is 3.71. The van der Waals surface area contributed by atoms with Crippen molar-refractivity contribution >= 4 is 5.97 Å². The van der Waals surface area contributed by atoms with Crippen molar-refractivity contribution in [2.45, 2.75) is 40.9 Å². The third-order valence-electron chi connectivity index (χ3n) is 4.04. The Hall–Kier alpha value is -1.55. The van der Waals surface area contributed by atoms with E-state index in [0.29, 0.717) is 12.4 Å². The Bertz CT molecular complexity index is 535. The highest BCUT2D eigenvalue weighted by atomic mass is 16.5. The van der Waals surface area contributed by atoms with Crippen molar-refractivity contribution in [3.63, 3.8) is 0 Å².